The fraction of sp³-hybridized carbons (Fsp3) is 0.0690. The lowest BCUT2D eigenvalue weighted by Gasteiger charge is -2.40. The van der Waals surface area contributed by atoms with Gasteiger partial charge in [0.2, 0.25) is 0 Å². The van der Waals surface area contributed by atoms with E-state index in [1.165, 1.54) is 81.4 Å². The summed E-state index contributed by atoms with van der Waals surface area (Å²) in [4.78, 5) is 2.44. The SMILES string of the molecule is CC1(C)c2ccccc2-c2c(-c3ccc(N(c4ccccc4)c4ccc5c(c4)Oc4ccccc4C54c5ccccc5-c5ccccc54)c4c3sc3ccccc34)cccc21. The number of hydrogen-bond donors (Lipinski definition) is 0. The second-order valence-corrected chi connectivity index (χ2v) is 18.2. The van der Waals surface area contributed by atoms with E-state index >= 15 is 0 Å². The molecule has 9 aromatic carbocycles. The summed E-state index contributed by atoms with van der Waals surface area (Å²) in [5, 5.41) is 2.51. The Morgan fingerprint density at radius 2 is 1.03 bits per heavy atom. The Morgan fingerprint density at radius 3 is 1.82 bits per heavy atom. The fourth-order valence-corrected chi connectivity index (χ4v) is 12.4. The molecule has 1 aliphatic heterocycles. The molecule has 0 fully saturated rings. The summed E-state index contributed by atoms with van der Waals surface area (Å²) in [6, 6.07) is 73.7. The van der Waals surface area contributed by atoms with Crippen LogP contribution in [0.3, 0.4) is 0 Å². The monoisotopic (exact) mass is 797 g/mol. The molecule has 0 unspecified atom stereocenters. The van der Waals surface area contributed by atoms with Gasteiger partial charge in [-0.15, -0.1) is 11.3 Å². The first-order valence-corrected chi connectivity index (χ1v) is 22.0. The molecule has 1 spiro atoms. The first-order chi connectivity index (χ1) is 30.0. The predicted molar refractivity (Wildman–Crippen MR) is 254 cm³/mol. The molecule has 1 aromatic heterocycles. The van der Waals surface area contributed by atoms with Crippen LogP contribution < -0.4 is 9.64 Å². The summed E-state index contributed by atoms with van der Waals surface area (Å²) in [5.41, 5.74) is 18.2. The minimum absolute atomic E-state index is 0.0818. The second-order valence-electron chi connectivity index (χ2n) is 17.1. The topological polar surface area (TPSA) is 12.5 Å². The van der Waals surface area contributed by atoms with Crippen molar-refractivity contribution < 1.29 is 4.74 Å². The molecule has 0 N–H and O–H groups in total. The standard InChI is InChI=1S/C58H39NOS/c1-57(2)44-24-10-8-21-42(44)54-40(23-16-28-49(54)57)41-32-34-50(55-43-22-9-15-30-53(43)61-56(41)55)59(36-17-4-3-5-18-36)37-31-33-48-52(35-37)60-51-29-14-13-27-47(51)58(48)45-25-11-6-19-38(45)39-20-7-12-26-46(39)58/h3-35H,1-2H3. The minimum Gasteiger partial charge on any atom is -0.457 e. The lowest BCUT2D eigenvalue weighted by atomic mass is 9.66. The molecule has 0 saturated heterocycles. The quantitative estimate of drug-likeness (QED) is 0.176. The summed E-state index contributed by atoms with van der Waals surface area (Å²) >= 11 is 1.90. The zero-order chi connectivity index (χ0) is 40.5. The van der Waals surface area contributed by atoms with Crippen LogP contribution in [0, 0.1) is 0 Å². The van der Waals surface area contributed by atoms with Gasteiger partial charge in [-0.1, -0.05) is 172 Å². The maximum atomic E-state index is 7.04. The summed E-state index contributed by atoms with van der Waals surface area (Å²) in [6.45, 7) is 4.73. The number of nitrogens with zero attached hydrogens (tertiary/aromatic N) is 1. The van der Waals surface area contributed by atoms with Gasteiger partial charge in [-0.2, -0.15) is 0 Å². The van der Waals surface area contributed by atoms with Crippen molar-refractivity contribution >= 4 is 48.6 Å². The lowest BCUT2D eigenvalue weighted by Crippen LogP contribution is -2.32. The number of para-hydroxylation sites is 2. The van der Waals surface area contributed by atoms with Crippen LogP contribution in [0.2, 0.25) is 0 Å². The van der Waals surface area contributed by atoms with Gasteiger partial charge in [0.25, 0.3) is 0 Å². The third-order valence-electron chi connectivity index (χ3n) is 13.7. The van der Waals surface area contributed by atoms with Gasteiger partial charge < -0.3 is 9.64 Å². The van der Waals surface area contributed by atoms with Crippen LogP contribution in [-0.4, -0.2) is 0 Å². The van der Waals surface area contributed by atoms with Gasteiger partial charge in [-0.05, 0) is 86.5 Å². The number of fused-ring (bicyclic) bond motifs is 15. The van der Waals surface area contributed by atoms with Crippen molar-refractivity contribution in [1.29, 1.82) is 0 Å². The van der Waals surface area contributed by atoms with Crippen molar-refractivity contribution in [2.45, 2.75) is 24.7 Å². The molecule has 0 radical (unpaired) electrons. The number of rotatable bonds is 4. The molecule has 288 valence electrons. The Bertz CT molecular complexity index is 3400. The van der Waals surface area contributed by atoms with Crippen molar-refractivity contribution in [2.75, 3.05) is 4.90 Å². The van der Waals surface area contributed by atoms with Crippen molar-refractivity contribution in [1.82, 2.24) is 0 Å². The molecule has 2 nitrogen and oxygen atoms in total. The molecule has 3 aliphatic rings. The van der Waals surface area contributed by atoms with Gasteiger partial charge in [0.05, 0.1) is 11.1 Å². The molecule has 61 heavy (non-hydrogen) atoms. The number of benzene rings is 9. The molecule has 0 saturated carbocycles. The van der Waals surface area contributed by atoms with Gasteiger partial charge in [0.1, 0.15) is 11.5 Å². The highest BCUT2D eigenvalue weighted by Gasteiger charge is 2.51. The van der Waals surface area contributed by atoms with E-state index in [0.717, 1.165) is 34.1 Å². The van der Waals surface area contributed by atoms with Gasteiger partial charge in [0.15, 0.2) is 0 Å². The number of hydrogen-bond acceptors (Lipinski definition) is 3. The first-order valence-electron chi connectivity index (χ1n) is 21.2. The van der Waals surface area contributed by atoms with Gasteiger partial charge in [-0.25, -0.2) is 0 Å². The second kappa shape index (κ2) is 12.7. The van der Waals surface area contributed by atoms with E-state index in [1.54, 1.807) is 0 Å². The first kappa shape index (κ1) is 34.6. The van der Waals surface area contributed by atoms with E-state index in [2.05, 4.69) is 219 Å². The zero-order valence-electron chi connectivity index (χ0n) is 33.8. The average molecular weight is 798 g/mol. The summed E-state index contributed by atoms with van der Waals surface area (Å²) in [7, 11) is 0. The number of ether oxygens (including phenoxy) is 1. The Labute approximate surface area is 359 Å². The molecule has 3 heteroatoms. The van der Waals surface area contributed by atoms with Crippen LogP contribution in [0.5, 0.6) is 11.5 Å². The van der Waals surface area contributed by atoms with Gasteiger partial charge >= 0.3 is 0 Å². The summed E-state index contributed by atoms with van der Waals surface area (Å²) in [5.74, 6) is 1.76. The molecule has 2 aliphatic carbocycles. The summed E-state index contributed by atoms with van der Waals surface area (Å²) < 4.78 is 9.60. The molecule has 0 amide bonds. The zero-order valence-corrected chi connectivity index (χ0v) is 34.6. The Kier molecular flexibility index (Phi) is 7.19. The molecule has 0 bridgehead atoms. The predicted octanol–water partition coefficient (Wildman–Crippen LogP) is 16.0. The van der Waals surface area contributed by atoms with Crippen LogP contribution in [0.4, 0.5) is 17.1 Å². The fourth-order valence-electron chi connectivity index (χ4n) is 11.2. The van der Waals surface area contributed by atoms with Crippen LogP contribution in [0.25, 0.3) is 53.6 Å². The minimum atomic E-state index is -0.519. The van der Waals surface area contributed by atoms with E-state index in [0.29, 0.717) is 0 Å². The highest BCUT2D eigenvalue weighted by atomic mass is 32.1. The molecular weight excluding hydrogens is 759 g/mol. The van der Waals surface area contributed by atoms with Crippen molar-refractivity contribution in [3.63, 3.8) is 0 Å². The largest absolute Gasteiger partial charge is 0.457 e. The van der Waals surface area contributed by atoms with Crippen LogP contribution in [0.15, 0.2) is 200 Å². The van der Waals surface area contributed by atoms with Crippen molar-refractivity contribution in [2.24, 2.45) is 0 Å². The Hall–Kier alpha value is -7.20. The maximum absolute atomic E-state index is 7.04. The highest BCUT2D eigenvalue weighted by molar-refractivity contribution is 7.26. The van der Waals surface area contributed by atoms with Crippen molar-refractivity contribution in [3.05, 3.63) is 234 Å². The third kappa shape index (κ3) is 4.62. The molecule has 13 rings (SSSR count). The van der Waals surface area contributed by atoms with E-state index < -0.39 is 5.41 Å². The molecule has 0 atom stereocenters. The molecule has 10 aromatic rings. The lowest BCUT2D eigenvalue weighted by molar-refractivity contribution is 0.436. The van der Waals surface area contributed by atoms with E-state index in [9.17, 15) is 0 Å². The van der Waals surface area contributed by atoms with Crippen LogP contribution in [-0.2, 0) is 10.8 Å². The number of anilines is 3. The van der Waals surface area contributed by atoms with Gasteiger partial charge in [-0.3, -0.25) is 0 Å². The van der Waals surface area contributed by atoms with Crippen LogP contribution >= 0.6 is 11.3 Å². The van der Waals surface area contributed by atoms with Gasteiger partial charge in [0, 0.05) is 59.7 Å². The maximum Gasteiger partial charge on any atom is 0.134 e. The van der Waals surface area contributed by atoms with Crippen LogP contribution in [0.1, 0.15) is 47.2 Å². The smallest absolute Gasteiger partial charge is 0.134 e. The normalized spacial score (nSPS) is 14.5. The van der Waals surface area contributed by atoms with E-state index in [4.69, 9.17) is 4.74 Å². The molecular formula is C58H39NOS. The average Bonchev–Trinajstić information content (AvgIpc) is 3.92. The van der Waals surface area contributed by atoms with E-state index in [-0.39, 0.29) is 5.41 Å². The Balaban J connectivity index is 1.06. The third-order valence-corrected chi connectivity index (χ3v) is 15.0. The molecule has 2 heterocycles. The van der Waals surface area contributed by atoms with Crippen molar-refractivity contribution in [3.8, 4) is 44.9 Å². The Morgan fingerprint density at radius 1 is 0.426 bits per heavy atom. The highest BCUT2D eigenvalue weighted by Crippen LogP contribution is 2.63. The number of thiophene rings is 1. The summed E-state index contributed by atoms with van der Waals surface area (Å²) in [6.07, 6.45) is 0. The van der Waals surface area contributed by atoms with E-state index in [1.807, 2.05) is 11.3 Å².